The molecule has 0 aliphatic carbocycles. The summed E-state index contributed by atoms with van der Waals surface area (Å²) in [5, 5.41) is 11.3. The predicted molar refractivity (Wildman–Crippen MR) is 131 cm³/mol. The van der Waals surface area contributed by atoms with E-state index in [4.69, 9.17) is 14.2 Å². The van der Waals surface area contributed by atoms with Crippen LogP contribution in [0.5, 0.6) is 17.2 Å². The molecule has 7 nitrogen and oxygen atoms in total. The van der Waals surface area contributed by atoms with E-state index >= 15 is 0 Å². The summed E-state index contributed by atoms with van der Waals surface area (Å²) in [5.41, 5.74) is 1.61. The third-order valence-corrected chi connectivity index (χ3v) is 5.86. The van der Waals surface area contributed by atoms with Crippen LogP contribution < -0.4 is 19.1 Å². The van der Waals surface area contributed by atoms with Crippen LogP contribution in [0.1, 0.15) is 31.0 Å². The quantitative estimate of drug-likeness (QED) is 0.325. The van der Waals surface area contributed by atoms with Gasteiger partial charge in [0.1, 0.15) is 24.7 Å². The molecule has 1 amide bonds. The zero-order valence-corrected chi connectivity index (χ0v) is 19.4. The molecule has 0 spiro atoms. The topological polar surface area (TPSA) is 85.3 Å². The van der Waals surface area contributed by atoms with Crippen LogP contribution in [-0.4, -0.2) is 36.1 Å². The Balaban J connectivity index is 1.62. The van der Waals surface area contributed by atoms with Crippen molar-refractivity contribution in [2.24, 2.45) is 0 Å². The minimum atomic E-state index is -0.804. The van der Waals surface area contributed by atoms with Gasteiger partial charge in [0.25, 0.3) is 11.7 Å². The minimum absolute atomic E-state index is 0.00499. The molecule has 1 N–H and O–H groups in total. The van der Waals surface area contributed by atoms with Gasteiger partial charge in [0.2, 0.25) is 0 Å². The predicted octanol–water partition coefficient (Wildman–Crippen LogP) is 4.87. The van der Waals surface area contributed by atoms with Crippen molar-refractivity contribution in [1.82, 2.24) is 0 Å². The fourth-order valence-corrected chi connectivity index (χ4v) is 4.35. The molecule has 1 saturated heterocycles. The highest BCUT2D eigenvalue weighted by Crippen LogP contribution is 2.43. The van der Waals surface area contributed by atoms with Crippen molar-refractivity contribution in [3.8, 4) is 17.2 Å². The second-order valence-electron chi connectivity index (χ2n) is 8.60. The van der Waals surface area contributed by atoms with Crippen LogP contribution in [0.15, 0.2) is 78.4 Å². The first kappa shape index (κ1) is 22.5. The number of hydrogen-bond donors (Lipinski definition) is 1. The zero-order chi connectivity index (χ0) is 24.5. The van der Waals surface area contributed by atoms with Gasteiger partial charge in [-0.15, -0.1) is 0 Å². The SMILES string of the molecule is CC(C)Oc1ccc(N2C(=O)C(=O)/C(=C(\O)c3ccc4c(c3)OCCO4)C2c2ccccc2)cc1. The lowest BCUT2D eigenvalue weighted by Gasteiger charge is -2.26. The van der Waals surface area contributed by atoms with E-state index in [2.05, 4.69) is 0 Å². The maximum atomic E-state index is 13.3. The highest BCUT2D eigenvalue weighted by Gasteiger charge is 2.47. The van der Waals surface area contributed by atoms with Gasteiger partial charge in [-0.1, -0.05) is 30.3 Å². The summed E-state index contributed by atoms with van der Waals surface area (Å²) in [6.07, 6.45) is 0.00499. The Hall–Kier alpha value is -4.26. The molecule has 1 atom stereocenters. The summed E-state index contributed by atoms with van der Waals surface area (Å²) < 4.78 is 16.9. The maximum Gasteiger partial charge on any atom is 0.300 e. The lowest BCUT2D eigenvalue weighted by atomic mass is 9.95. The fourth-order valence-electron chi connectivity index (χ4n) is 4.35. The zero-order valence-electron chi connectivity index (χ0n) is 19.4. The van der Waals surface area contributed by atoms with Crippen molar-refractivity contribution in [1.29, 1.82) is 0 Å². The Morgan fingerprint density at radius 1 is 0.943 bits per heavy atom. The second kappa shape index (κ2) is 9.18. The molecule has 2 aliphatic heterocycles. The molecule has 178 valence electrons. The molecule has 3 aromatic rings. The molecule has 1 fully saturated rings. The molecule has 0 bridgehead atoms. The Morgan fingerprint density at radius 2 is 1.63 bits per heavy atom. The summed E-state index contributed by atoms with van der Waals surface area (Å²) in [7, 11) is 0. The molecule has 35 heavy (non-hydrogen) atoms. The van der Waals surface area contributed by atoms with Crippen LogP contribution in [0.2, 0.25) is 0 Å². The second-order valence-corrected chi connectivity index (χ2v) is 8.60. The number of aliphatic hydroxyl groups is 1. The van der Waals surface area contributed by atoms with Gasteiger partial charge in [-0.2, -0.15) is 0 Å². The summed E-state index contributed by atoms with van der Waals surface area (Å²) in [5.74, 6) is -0.0309. The average Bonchev–Trinajstić information content (AvgIpc) is 3.14. The van der Waals surface area contributed by atoms with E-state index in [1.54, 1.807) is 42.5 Å². The van der Waals surface area contributed by atoms with E-state index < -0.39 is 17.7 Å². The number of carbonyl (C=O) groups excluding carboxylic acids is 2. The monoisotopic (exact) mass is 471 g/mol. The highest BCUT2D eigenvalue weighted by molar-refractivity contribution is 6.51. The van der Waals surface area contributed by atoms with Crippen LogP contribution in [0, 0.1) is 0 Å². The summed E-state index contributed by atoms with van der Waals surface area (Å²) >= 11 is 0. The van der Waals surface area contributed by atoms with E-state index in [-0.39, 0.29) is 17.4 Å². The fraction of sp³-hybridized carbons (Fsp3) is 0.214. The maximum absolute atomic E-state index is 13.3. The molecule has 0 aromatic heterocycles. The molecule has 0 saturated carbocycles. The van der Waals surface area contributed by atoms with Gasteiger partial charge in [-0.05, 0) is 61.9 Å². The Labute approximate surface area is 203 Å². The van der Waals surface area contributed by atoms with Gasteiger partial charge in [0, 0.05) is 11.3 Å². The number of amides is 1. The number of anilines is 1. The average molecular weight is 472 g/mol. The van der Waals surface area contributed by atoms with Crippen LogP contribution in [0.25, 0.3) is 5.76 Å². The van der Waals surface area contributed by atoms with E-state index in [1.165, 1.54) is 4.90 Å². The van der Waals surface area contributed by atoms with Crippen molar-refractivity contribution < 1.29 is 28.9 Å². The number of nitrogens with zero attached hydrogens (tertiary/aromatic N) is 1. The number of Topliss-reactive ketones (excluding diaryl/α,β-unsaturated/α-hetero) is 1. The number of hydrogen-bond acceptors (Lipinski definition) is 6. The molecule has 5 rings (SSSR count). The Bertz CT molecular complexity index is 1300. The number of aliphatic hydroxyl groups excluding tert-OH is 1. The largest absolute Gasteiger partial charge is 0.507 e. The van der Waals surface area contributed by atoms with Crippen molar-refractivity contribution in [2.75, 3.05) is 18.1 Å². The van der Waals surface area contributed by atoms with Crippen molar-refractivity contribution in [2.45, 2.75) is 26.0 Å². The summed E-state index contributed by atoms with van der Waals surface area (Å²) in [4.78, 5) is 28.0. The van der Waals surface area contributed by atoms with Crippen LogP contribution >= 0.6 is 0 Å². The number of carbonyl (C=O) groups is 2. The first-order valence-electron chi connectivity index (χ1n) is 11.5. The molecule has 2 heterocycles. The molecule has 3 aromatic carbocycles. The van der Waals surface area contributed by atoms with Crippen LogP contribution in [0.4, 0.5) is 5.69 Å². The number of rotatable bonds is 5. The van der Waals surface area contributed by atoms with Gasteiger partial charge in [-0.25, -0.2) is 0 Å². The first-order valence-corrected chi connectivity index (χ1v) is 11.5. The van der Waals surface area contributed by atoms with E-state index in [9.17, 15) is 14.7 Å². The number of ketones is 1. The van der Waals surface area contributed by atoms with Crippen LogP contribution in [-0.2, 0) is 9.59 Å². The number of ether oxygens (including phenoxy) is 3. The summed E-state index contributed by atoms with van der Waals surface area (Å²) in [6, 6.07) is 20.3. The standard InChI is InChI=1S/C28H25NO6/c1-17(2)35-21-11-9-20(10-12-21)29-25(18-6-4-3-5-7-18)24(27(31)28(29)32)26(30)19-8-13-22-23(16-19)34-15-14-33-22/h3-13,16-17,25,30H,14-15H2,1-2H3/b26-24-. The Kier molecular flexibility index (Phi) is 5.91. The molecule has 0 radical (unpaired) electrons. The molecule has 2 aliphatic rings. The molecular formula is C28H25NO6. The number of benzene rings is 3. The molecule has 7 heteroatoms. The Morgan fingerprint density at radius 3 is 2.31 bits per heavy atom. The van der Waals surface area contributed by atoms with Crippen molar-refractivity contribution in [3.63, 3.8) is 0 Å². The lowest BCUT2D eigenvalue weighted by molar-refractivity contribution is -0.132. The molecule has 1 unspecified atom stereocenters. The minimum Gasteiger partial charge on any atom is -0.507 e. The first-order chi connectivity index (χ1) is 16.9. The van der Waals surface area contributed by atoms with Crippen LogP contribution in [0.3, 0.4) is 0 Å². The highest BCUT2D eigenvalue weighted by atomic mass is 16.6. The van der Waals surface area contributed by atoms with Gasteiger partial charge in [0.15, 0.2) is 11.5 Å². The normalized spacial score (nSPS) is 18.7. The van der Waals surface area contributed by atoms with E-state index in [0.717, 1.165) is 0 Å². The third kappa shape index (κ3) is 4.21. The van der Waals surface area contributed by atoms with Crippen molar-refractivity contribution in [3.05, 3.63) is 89.5 Å². The van der Waals surface area contributed by atoms with Gasteiger partial charge >= 0.3 is 0 Å². The third-order valence-electron chi connectivity index (χ3n) is 5.86. The lowest BCUT2D eigenvalue weighted by Crippen LogP contribution is -2.29. The van der Waals surface area contributed by atoms with Crippen molar-refractivity contribution >= 4 is 23.1 Å². The summed E-state index contributed by atoms with van der Waals surface area (Å²) in [6.45, 7) is 4.69. The van der Waals surface area contributed by atoms with E-state index in [1.807, 2.05) is 44.2 Å². The van der Waals surface area contributed by atoms with Gasteiger partial charge < -0.3 is 19.3 Å². The smallest absolute Gasteiger partial charge is 0.300 e. The van der Waals surface area contributed by atoms with Gasteiger partial charge in [0.05, 0.1) is 17.7 Å². The number of fused-ring (bicyclic) bond motifs is 1. The van der Waals surface area contributed by atoms with E-state index in [0.29, 0.717) is 47.3 Å². The van der Waals surface area contributed by atoms with Gasteiger partial charge in [-0.3, -0.25) is 14.5 Å². The molecular weight excluding hydrogens is 446 g/mol.